The maximum Gasteiger partial charge on any atom is 0.145 e. The van der Waals surface area contributed by atoms with Crippen LogP contribution in [0.5, 0.6) is 0 Å². The van der Waals surface area contributed by atoms with E-state index in [0.29, 0.717) is 11.9 Å². The molecule has 2 unspecified atom stereocenters. The molecule has 2 aliphatic rings. The largest absolute Gasteiger partial charge is 0.391 e. The third kappa shape index (κ3) is 3.61. The van der Waals surface area contributed by atoms with E-state index >= 15 is 0 Å². The van der Waals surface area contributed by atoms with Crippen LogP contribution in [0.1, 0.15) is 31.5 Å². The molecule has 25 heavy (non-hydrogen) atoms. The van der Waals surface area contributed by atoms with E-state index in [4.69, 9.17) is 5.73 Å². The van der Waals surface area contributed by atoms with Crippen molar-refractivity contribution in [1.29, 1.82) is 0 Å². The average Bonchev–Trinajstić information content (AvgIpc) is 2.63. The SMILES string of the molecule is Nc1nc(CN2CCN(C3CCCCC3O)CC2)nc2ccccc12. The van der Waals surface area contributed by atoms with Gasteiger partial charge >= 0.3 is 0 Å². The number of para-hydroxylation sites is 1. The van der Waals surface area contributed by atoms with Crippen LogP contribution < -0.4 is 5.73 Å². The number of benzene rings is 1. The van der Waals surface area contributed by atoms with Crippen LogP contribution in [0.25, 0.3) is 10.9 Å². The number of piperazine rings is 1. The fourth-order valence-electron chi connectivity index (χ4n) is 4.19. The van der Waals surface area contributed by atoms with Crippen LogP contribution in [0.15, 0.2) is 24.3 Å². The van der Waals surface area contributed by atoms with Crippen LogP contribution in [-0.4, -0.2) is 63.2 Å². The molecule has 1 saturated carbocycles. The highest BCUT2D eigenvalue weighted by Gasteiger charge is 2.30. The molecule has 0 bridgehead atoms. The summed E-state index contributed by atoms with van der Waals surface area (Å²) in [5, 5.41) is 11.2. The molecule has 2 heterocycles. The van der Waals surface area contributed by atoms with E-state index in [2.05, 4.69) is 19.8 Å². The highest BCUT2D eigenvalue weighted by atomic mass is 16.3. The summed E-state index contributed by atoms with van der Waals surface area (Å²) in [4.78, 5) is 14.0. The number of hydrogen-bond acceptors (Lipinski definition) is 6. The van der Waals surface area contributed by atoms with Gasteiger partial charge in [-0.2, -0.15) is 0 Å². The zero-order chi connectivity index (χ0) is 17.2. The molecule has 2 aromatic rings. The molecule has 3 N–H and O–H groups in total. The van der Waals surface area contributed by atoms with Gasteiger partial charge in [-0.25, -0.2) is 9.97 Å². The first kappa shape index (κ1) is 16.7. The van der Waals surface area contributed by atoms with Crippen molar-refractivity contribution in [3.8, 4) is 0 Å². The highest BCUT2D eigenvalue weighted by Crippen LogP contribution is 2.24. The Morgan fingerprint density at radius 1 is 1.04 bits per heavy atom. The maximum atomic E-state index is 10.3. The van der Waals surface area contributed by atoms with Gasteiger partial charge in [-0.15, -0.1) is 0 Å². The fraction of sp³-hybridized carbons (Fsp3) is 0.579. The predicted molar refractivity (Wildman–Crippen MR) is 99.1 cm³/mol. The smallest absolute Gasteiger partial charge is 0.145 e. The molecule has 6 heteroatoms. The lowest BCUT2D eigenvalue weighted by molar-refractivity contribution is -0.00505. The number of nitrogens with two attached hydrogens (primary N) is 1. The minimum absolute atomic E-state index is 0.149. The van der Waals surface area contributed by atoms with Gasteiger partial charge in [0.2, 0.25) is 0 Å². The Labute approximate surface area is 148 Å². The second kappa shape index (κ2) is 7.23. The number of anilines is 1. The second-order valence-electron chi connectivity index (χ2n) is 7.27. The molecule has 2 atom stereocenters. The van der Waals surface area contributed by atoms with Gasteiger partial charge in [0.05, 0.1) is 18.2 Å². The zero-order valence-corrected chi connectivity index (χ0v) is 14.6. The van der Waals surface area contributed by atoms with Gasteiger partial charge in [-0.3, -0.25) is 9.80 Å². The molecule has 2 fully saturated rings. The van der Waals surface area contributed by atoms with Crippen LogP contribution >= 0.6 is 0 Å². The lowest BCUT2D eigenvalue weighted by atomic mass is 9.91. The quantitative estimate of drug-likeness (QED) is 0.883. The molecule has 134 valence electrons. The summed E-state index contributed by atoms with van der Waals surface area (Å²) in [6.07, 6.45) is 4.34. The van der Waals surface area contributed by atoms with Crippen molar-refractivity contribution in [2.45, 2.75) is 44.4 Å². The molecule has 0 spiro atoms. The molecule has 0 radical (unpaired) electrons. The van der Waals surface area contributed by atoms with Crippen molar-refractivity contribution in [2.24, 2.45) is 0 Å². The molecule has 1 aliphatic carbocycles. The molecule has 4 rings (SSSR count). The number of nitrogens with zero attached hydrogens (tertiary/aromatic N) is 4. The number of aromatic nitrogens is 2. The van der Waals surface area contributed by atoms with Crippen molar-refractivity contribution in [2.75, 3.05) is 31.9 Å². The van der Waals surface area contributed by atoms with E-state index < -0.39 is 0 Å². The van der Waals surface area contributed by atoms with E-state index in [1.54, 1.807) is 0 Å². The number of rotatable bonds is 3. The third-order valence-corrected chi connectivity index (χ3v) is 5.61. The molecular formula is C19H27N5O. The first-order chi connectivity index (χ1) is 12.2. The van der Waals surface area contributed by atoms with Crippen molar-refractivity contribution in [3.63, 3.8) is 0 Å². The summed E-state index contributed by atoms with van der Waals surface area (Å²) < 4.78 is 0. The maximum absolute atomic E-state index is 10.3. The summed E-state index contributed by atoms with van der Waals surface area (Å²) in [6, 6.07) is 8.23. The molecule has 6 nitrogen and oxygen atoms in total. The first-order valence-electron chi connectivity index (χ1n) is 9.36. The Bertz CT molecular complexity index is 729. The Balaban J connectivity index is 1.38. The average molecular weight is 341 g/mol. The molecule has 1 aromatic heterocycles. The van der Waals surface area contributed by atoms with Gasteiger partial charge in [0.1, 0.15) is 11.6 Å². The summed E-state index contributed by atoms with van der Waals surface area (Å²) >= 11 is 0. The van der Waals surface area contributed by atoms with Crippen molar-refractivity contribution in [3.05, 3.63) is 30.1 Å². The summed E-state index contributed by atoms with van der Waals surface area (Å²) in [7, 11) is 0. The van der Waals surface area contributed by atoms with E-state index in [-0.39, 0.29) is 6.10 Å². The first-order valence-corrected chi connectivity index (χ1v) is 9.36. The van der Waals surface area contributed by atoms with Crippen molar-refractivity contribution >= 4 is 16.7 Å². The zero-order valence-electron chi connectivity index (χ0n) is 14.6. The van der Waals surface area contributed by atoms with Crippen molar-refractivity contribution in [1.82, 2.24) is 19.8 Å². The topological polar surface area (TPSA) is 78.5 Å². The van der Waals surface area contributed by atoms with Crippen LogP contribution in [-0.2, 0) is 6.54 Å². The van der Waals surface area contributed by atoms with Crippen LogP contribution in [0, 0.1) is 0 Å². The Morgan fingerprint density at radius 3 is 2.60 bits per heavy atom. The van der Waals surface area contributed by atoms with E-state index in [1.165, 1.54) is 12.8 Å². The molecule has 1 aromatic carbocycles. The normalized spacial score (nSPS) is 26.1. The van der Waals surface area contributed by atoms with E-state index in [9.17, 15) is 5.11 Å². The number of fused-ring (bicyclic) bond motifs is 1. The summed E-state index contributed by atoms with van der Waals surface area (Å²) in [5.74, 6) is 1.35. The standard InChI is InChI=1S/C19H27N5O/c20-19-14-5-1-2-6-15(14)21-18(22-19)13-23-9-11-24(12-10-23)16-7-3-4-8-17(16)25/h1-2,5-6,16-17,25H,3-4,7-13H2,(H2,20,21,22). The lowest BCUT2D eigenvalue weighted by Crippen LogP contribution is -2.54. The van der Waals surface area contributed by atoms with Crippen LogP contribution in [0.4, 0.5) is 5.82 Å². The molecule has 1 aliphatic heterocycles. The van der Waals surface area contributed by atoms with E-state index in [1.807, 2.05) is 24.3 Å². The number of nitrogen functional groups attached to an aromatic ring is 1. The monoisotopic (exact) mass is 341 g/mol. The predicted octanol–water partition coefficient (Wildman–Crippen LogP) is 1.63. The van der Waals surface area contributed by atoms with Crippen molar-refractivity contribution < 1.29 is 5.11 Å². The molecule has 1 saturated heterocycles. The fourth-order valence-corrected chi connectivity index (χ4v) is 4.19. The molecule has 0 amide bonds. The highest BCUT2D eigenvalue weighted by molar-refractivity contribution is 5.87. The van der Waals surface area contributed by atoms with Crippen LogP contribution in [0.3, 0.4) is 0 Å². The van der Waals surface area contributed by atoms with Gasteiger partial charge in [0.15, 0.2) is 0 Å². The Hall–Kier alpha value is -1.76. The van der Waals surface area contributed by atoms with Gasteiger partial charge in [0, 0.05) is 37.6 Å². The summed E-state index contributed by atoms with van der Waals surface area (Å²) in [5.41, 5.74) is 7.00. The van der Waals surface area contributed by atoms with Gasteiger partial charge in [-0.05, 0) is 25.0 Å². The minimum Gasteiger partial charge on any atom is -0.391 e. The second-order valence-corrected chi connectivity index (χ2v) is 7.27. The van der Waals surface area contributed by atoms with Gasteiger partial charge < -0.3 is 10.8 Å². The molecular weight excluding hydrogens is 314 g/mol. The Kier molecular flexibility index (Phi) is 4.83. The van der Waals surface area contributed by atoms with Gasteiger partial charge in [-0.1, -0.05) is 25.0 Å². The summed E-state index contributed by atoms with van der Waals surface area (Å²) in [6.45, 7) is 4.71. The van der Waals surface area contributed by atoms with Gasteiger partial charge in [0.25, 0.3) is 0 Å². The minimum atomic E-state index is -0.149. The Morgan fingerprint density at radius 2 is 1.80 bits per heavy atom. The van der Waals surface area contributed by atoms with E-state index in [0.717, 1.165) is 62.3 Å². The number of hydrogen-bond donors (Lipinski definition) is 2. The lowest BCUT2D eigenvalue weighted by Gasteiger charge is -2.42. The van der Waals surface area contributed by atoms with Crippen LogP contribution in [0.2, 0.25) is 0 Å². The number of aliphatic hydroxyl groups is 1. The number of aliphatic hydroxyl groups excluding tert-OH is 1. The third-order valence-electron chi connectivity index (χ3n) is 5.61.